The number of fused-ring (bicyclic) bond motifs is 1. The summed E-state index contributed by atoms with van der Waals surface area (Å²) in [5.74, 6) is -0.457. The quantitative estimate of drug-likeness (QED) is 0.465. The van der Waals surface area contributed by atoms with Gasteiger partial charge in [0.1, 0.15) is 0 Å². The minimum Gasteiger partial charge on any atom is -0.396 e. The lowest BCUT2D eigenvalue weighted by atomic mass is 9.94. The maximum Gasteiger partial charge on any atom is 0.256 e. The number of anilines is 2. The van der Waals surface area contributed by atoms with Gasteiger partial charge in [-0.15, -0.1) is 0 Å². The predicted octanol–water partition coefficient (Wildman–Crippen LogP) is 4.56. The molecule has 1 saturated heterocycles. The molecule has 0 unspecified atom stereocenters. The summed E-state index contributed by atoms with van der Waals surface area (Å²) >= 11 is 12.5. The fraction of sp³-hybridized carbons (Fsp3) is 0.320. The van der Waals surface area contributed by atoms with Crippen LogP contribution in [0.1, 0.15) is 28.8 Å². The van der Waals surface area contributed by atoms with E-state index in [1.165, 1.54) is 0 Å². The summed E-state index contributed by atoms with van der Waals surface area (Å²) in [6.07, 6.45) is 1.54. The maximum atomic E-state index is 13.4. The lowest BCUT2D eigenvalue weighted by molar-refractivity contribution is -0.121. The van der Waals surface area contributed by atoms with E-state index in [9.17, 15) is 9.59 Å². The standard InChI is InChI=1S/C25H25Cl2N5O2/c1-14(11-28)12-32-13-18-17(16-9-19(26)23(29)20(27)10-16)3-4-21(22(18)25(32)34)30-24(33)15-5-7-31(2)8-6-15/h3-4,9-10,15H,1,5-8,12-13,29H2,2H3,(H,30,33). The summed E-state index contributed by atoms with van der Waals surface area (Å²) < 4.78 is 0. The molecule has 0 aliphatic carbocycles. The second-order valence-corrected chi connectivity index (χ2v) is 9.63. The molecule has 0 bridgehead atoms. The number of hydrogen-bond acceptors (Lipinski definition) is 5. The molecular formula is C25H25Cl2N5O2. The van der Waals surface area contributed by atoms with E-state index in [4.69, 9.17) is 34.2 Å². The highest BCUT2D eigenvalue weighted by Gasteiger charge is 2.34. The molecule has 0 atom stereocenters. The largest absolute Gasteiger partial charge is 0.396 e. The minimum atomic E-state index is -0.264. The van der Waals surface area contributed by atoms with Crippen molar-refractivity contribution in [2.45, 2.75) is 19.4 Å². The summed E-state index contributed by atoms with van der Waals surface area (Å²) in [5.41, 5.74) is 9.53. The van der Waals surface area contributed by atoms with Crippen molar-refractivity contribution in [2.24, 2.45) is 5.92 Å². The lowest BCUT2D eigenvalue weighted by Gasteiger charge is -2.28. The number of amides is 2. The van der Waals surface area contributed by atoms with Crippen LogP contribution in [0.4, 0.5) is 11.4 Å². The van der Waals surface area contributed by atoms with Crippen LogP contribution in [0.2, 0.25) is 10.0 Å². The van der Waals surface area contributed by atoms with Crippen molar-refractivity contribution in [2.75, 3.05) is 37.7 Å². The Kier molecular flexibility index (Phi) is 6.85. The van der Waals surface area contributed by atoms with Crippen LogP contribution in [0.25, 0.3) is 11.1 Å². The van der Waals surface area contributed by atoms with Gasteiger partial charge in [0.05, 0.1) is 39.6 Å². The second kappa shape index (κ2) is 9.67. The number of nitrogens with two attached hydrogens (primary N) is 1. The monoisotopic (exact) mass is 497 g/mol. The summed E-state index contributed by atoms with van der Waals surface area (Å²) in [6.45, 7) is 5.80. The van der Waals surface area contributed by atoms with Crippen LogP contribution >= 0.6 is 23.2 Å². The van der Waals surface area contributed by atoms with E-state index in [2.05, 4.69) is 16.8 Å². The van der Waals surface area contributed by atoms with Gasteiger partial charge in [-0.3, -0.25) is 9.59 Å². The van der Waals surface area contributed by atoms with Crippen molar-refractivity contribution in [3.8, 4) is 17.2 Å². The highest BCUT2D eigenvalue weighted by molar-refractivity contribution is 6.39. The highest BCUT2D eigenvalue weighted by Crippen LogP contribution is 2.40. The summed E-state index contributed by atoms with van der Waals surface area (Å²) in [4.78, 5) is 30.1. The SMILES string of the molecule is C=C(C#N)CN1Cc2c(-c3cc(Cl)c(N)c(Cl)c3)ccc(NC(=O)C3CCN(C)CC3)c2C1=O. The molecule has 2 aromatic carbocycles. The van der Waals surface area contributed by atoms with Crippen molar-refractivity contribution >= 4 is 46.4 Å². The molecule has 2 amide bonds. The van der Waals surface area contributed by atoms with Gasteiger partial charge in [0, 0.05) is 18.0 Å². The Morgan fingerprint density at radius 2 is 1.91 bits per heavy atom. The Morgan fingerprint density at radius 3 is 2.53 bits per heavy atom. The number of nitrogens with zero attached hydrogens (tertiary/aromatic N) is 3. The van der Waals surface area contributed by atoms with Gasteiger partial charge >= 0.3 is 0 Å². The topological polar surface area (TPSA) is 102 Å². The first kappa shape index (κ1) is 24.1. The maximum absolute atomic E-state index is 13.4. The van der Waals surface area contributed by atoms with Gasteiger partial charge in [0.25, 0.3) is 5.91 Å². The van der Waals surface area contributed by atoms with Gasteiger partial charge in [-0.25, -0.2) is 0 Å². The van der Waals surface area contributed by atoms with Crippen LogP contribution in [-0.4, -0.2) is 48.3 Å². The predicted molar refractivity (Wildman–Crippen MR) is 135 cm³/mol. The molecule has 1 fully saturated rings. The molecule has 0 saturated carbocycles. The fourth-order valence-corrected chi connectivity index (χ4v) is 4.98. The van der Waals surface area contributed by atoms with E-state index in [-0.39, 0.29) is 42.1 Å². The van der Waals surface area contributed by atoms with Gasteiger partial charge < -0.3 is 20.9 Å². The van der Waals surface area contributed by atoms with E-state index < -0.39 is 0 Å². The lowest BCUT2D eigenvalue weighted by Crippen LogP contribution is -2.36. The number of nitrogen functional groups attached to an aromatic ring is 1. The molecule has 176 valence electrons. The van der Waals surface area contributed by atoms with Crippen LogP contribution < -0.4 is 11.1 Å². The number of nitriles is 1. The average molecular weight is 498 g/mol. The van der Waals surface area contributed by atoms with Crippen molar-refractivity contribution in [1.29, 1.82) is 5.26 Å². The molecule has 2 aromatic rings. The van der Waals surface area contributed by atoms with Crippen LogP contribution in [-0.2, 0) is 11.3 Å². The van der Waals surface area contributed by atoms with E-state index >= 15 is 0 Å². The zero-order valence-electron chi connectivity index (χ0n) is 18.8. The van der Waals surface area contributed by atoms with Crippen molar-refractivity contribution in [1.82, 2.24) is 9.80 Å². The Bertz CT molecular complexity index is 1210. The number of benzene rings is 2. The van der Waals surface area contributed by atoms with E-state index in [1.54, 1.807) is 23.1 Å². The molecule has 0 spiro atoms. The number of carbonyl (C=O) groups is 2. The minimum absolute atomic E-state index is 0.0886. The molecule has 0 aromatic heterocycles. The van der Waals surface area contributed by atoms with Crippen LogP contribution in [0.3, 0.4) is 0 Å². The first-order chi connectivity index (χ1) is 16.2. The first-order valence-electron chi connectivity index (χ1n) is 11.0. The van der Waals surface area contributed by atoms with Crippen molar-refractivity contribution < 1.29 is 9.59 Å². The molecule has 0 radical (unpaired) electrons. The zero-order valence-corrected chi connectivity index (χ0v) is 20.3. The Labute approximate surface area is 208 Å². The molecule has 2 aliphatic heterocycles. The number of hydrogen-bond donors (Lipinski definition) is 2. The number of nitrogens with one attached hydrogen (secondary N) is 1. The van der Waals surface area contributed by atoms with Crippen LogP contribution in [0.5, 0.6) is 0 Å². The number of halogens is 2. The number of likely N-dealkylation sites (tertiary alicyclic amines) is 1. The Hall–Kier alpha value is -3.05. The highest BCUT2D eigenvalue weighted by atomic mass is 35.5. The zero-order chi connectivity index (χ0) is 24.6. The summed E-state index contributed by atoms with van der Waals surface area (Å²) in [6, 6.07) is 8.98. The molecule has 9 heteroatoms. The van der Waals surface area contributed by atoms with Crippen molar-refractivity contribution in [3.63, 3.8) is 0 Å². The van der Waals surface area contributed by atoms with Gasteiger partial charge in [-0.05, 0) is 67.9 Å². The first-order valence-corrected chi connectivity index (χ1v) is 11.7. The molecule has 2 aliphatic rings. The second-order valence-electron chi connectivity index (χ2n) is 8.81. The molecular weight excluding hydrogens is 473 g/mol. The molecule has 34 heavy (non-hydrogen) atoms. The third-order valence-electron chi connectivity index (χ3n) is 6.44. The molecule has 2 heterocycles. The van der Waals surface area contributed by atoms with Crippen LogP contribution in [0, 0.1) is 17.2 Å². The summed E-state index contributed by atoms with van der Waals surface area (Å²) in [5, 5.41) is 12.8. The van der Waals surface area contributed by atoms with Crippen molar-refractivity contribution in [3.05, 3.63) is 57.6 Å². The summed E-state index contributed by atoms with van der Waals surface area (Å²) in [7, 11) is 2.04. The van der Waals surface area contributed by atoms with E-state index in [0.29, 0.717) is 26.9 Å². The number of rotatable bonds is 5. The van der Waals surface area contributed by atoms with Gasteiger partial charge in [0.2, 0.25) is 5.91 Å². The number of piperidine rings is 1. The molecule has 4 rings (SSSR count). The Balaban J connectivity index is 1.73. The normalized spacial score (nSPS) is 16.3. The van der Waals surface area contributed by atoms with Gasteiger partial charge in [-0.2, -0.15) is 5.26 Å². The molecule has 7 nitrogen and oxygen atoms in total. The van der Waals surface area contributed by atoms with Gasteiger partial charge in [-0.1, -0.05) is 35.8 Å². The Morgan fingerprint density at radius 1 is 1.26 bits per heavy atom. The third kappa shape index (κ3) is 4.62. The third-order valence-corrected chi connectivity index (χ3v) is 7.07. The number of carbonyl (C=O) groups excluding carboxylic acids is 2. The molecule has 3 N–H and O–H groups in total. The van der Waals surface area contributed by atoms with E-state index in [1.807, 2.05) is 19.2 Å². The fourth-order valence-electron chi connectivity index (χ4n) is 4.49. The van der Waals surface area contributed by atoms with Crippen LogP contribution in [0.15, 0.2) is 36.4 Å². The van der Waals surface area contributed by atoms with Gasteiger partial charge in [0.15, 0.2) is 0 Å². The van der Waals surface area contributed by atoms with E-state index in [0.717, 1.165) is 37.1 Å². The smallest absolute Gasteiger partial charge is 0.256 e. The average Bonchev–Trinajstić information content (AvgIpc) is 3.13.